The van der Waals surface area contributed by atoms with Crippen LogP contribution in [0.2, 0.25) is 0 Å². The number of hydrogen-bond donors (Lipinski definition) is 3. The molecule has 5 aromatic rings. The van der Waals surface area contributed by atoms with Gasteiger partial charge in [-0.05, 0) is 83.3 Å². The second-order valence-electron chi connectivity index (χ2n) is 18.0. The van der Waals surface area contributed by atoms with Gasteiger partial charge in [0.25, 0.3) is 5.91 Å². The molecule has 0 fully saturated rings. The summed E-state index contributed by atoms with van der Waals surface area (Å²) in [4.78, 5) is 125. The molecule has 0 saturated heterocycles. The van der Waals surface area contributed by atoms with E-state index in [1.54, 1.807) is 17.0 Å². The van der Waals surface area contributed by atoms with Crippen molar-refractivity contribution >= 4 is 158 Å². The third-order valence-corrected chi connectivity index (χ3v) is 12.9. The number of nitrogens with two attached hydrogens (primary N) is 2. The second-order valence-corrected chi connectivity index (χ2v) is 20.6. The van der Waals surface area contributed by atoms with E-state index in [1.165, 1.54) is 29.9 Å². The van der Waals surface area contributed by atoms with Crippen LogP contribution in [0.15, 0.2) is 134 Å². The number of carboxylic acids is 1. The molecule has 4 aliphatic heterocycles. The summed E-state index contributed by atoms with van der Waals surface area (Å²) >= 11 is 14.1. The number of anilines is 6. The van der Waals surface area contributed by atoms with Gasteiger partial charge in [-0.25, -0.2) is 0 Å². The van der Waals surface area contributed by atoms with Gasteiger partial charge in [-0.1, -0.05) is 176 Å². The number of hydrogen-bond acceptors (Lipinski definition) is 17. The minimum atomic E-state index is -1.08. The van der Waals surface area contributed by atoms with Crippen molar-refractivity contribution in [2.45, 2.75) is 95.9 Å². The summed E-state index contributed by atoms with van der Waals surface area (Å²) in [6.07, 6.45) is 3.96. The maximum atomic E-state index is 12.1. The number of nitrogen functional groups attached to an aromatic ring is 2. The first kappa shape index (κ1) is 92.9. The summed E-state index contributed by atoms with van der Waals surface area (Å²) in [5.74, 6) is -1.73. The Morgan fingerprint density at radius 2 is 0.923 bits per heavy atom. The number of amides is 3. The molecule has 0 spiro atoms. The molecular formula is C66H87Br3ClN6NaO14. The molecule has 494 valence electrons. The fraction of sp³-hybridized carbons (Fsp3) is 0.348. The molecule has 3 amide bonds. The predicted molar refractivity (Wildman–Crippen MR) is 371 cm³/mol. The molecule has 20 nitrogen and oxygen atoms in total. The molecule has 5 N–H and O–H groups in total. The zero-order chi connectivity index (χ0) is 63.4. The van der Waals surface area contributed by atoms with Crippen molar-refractivity contribution in [1.29, 1.82) is 0 Å². The molecule has 25 heteroatoms. The van der Waals surface area contributed by atoms with E-state index in [4.69, 9.17) is 37.7 Å². The van der Waals surface area contributed by atoms with Gasteiger partial charge in [0.1, 0.15) is 11.9 Å². The van der Waals surface area contributed by atoms with Crippen LogP contribution in [0.3, 0.4) is 0 Å². The summed E-state index contributed by atoms with van der Waals surface area (Å²) in [6.45, 7) is 6.68. The van der Waals surface area contributed by atoms with Crippen molar-refractivity contribution in [2.24, 2.45) is 0 Å². The van der Waals surface area contributed by atoms with Crippen LogP contribution in [0.1, 0.15) is 92.5 Å². The van der Waals surface area contributed by atoms with Crippen LogP contribution in [-0.2, 0) is 87.9 Å². The molecule has 0 aromatic heterocycles. The van der Waals surface area contributed by atoms with E-state index in [0.717, 1.165) is 51.9 Å². The largest absolute Gasteiger partial charge is 1.00 e. The normalized spacial score (nSPS) is 11.9. The molecule has 0 bridgehead atoms. The molecule has 0 unspecified atom stereocenters. The molecule has 4 heterocycles. The maximum absolute atomic E-state index is 12.1. The maximum Gasteiger partial charge on any atom is 1.00 e. The van der Waals surface area contributed by atoms with Crippen LogP contribution < -0.4 is 66.1 Å². The van der Waals surface area contributed by atoms with Crippen LogP contribution in [0.5, 0.6) is 0 Å². The van der Waals surface area contributed by atoms with Crippen molar-refractivity contribution in [2.75, 3.05) is 87.4 Å². The number of alkyl halides is 3. The Morgan fingerprint density at radius 3 is 1.26 bits per heavy atom. The number of ketones is 4. The van der Waals surface area contributed by atoms with Crippen LogP contribution in [0.25, 0.3) is 0 Å². The summed E-state index contributed by atoms with van der Waals surface area (Å²) in [7, 11) is 1.35. The number of carboxylic acid groups (broad SMARTS) is 1. The van der Waals surface area contributed by atoms with Crippen LogP contribution in [0, 0.1) is 0 Å². The van der Waals surface area contributed by atoms with Gasteiger partial charge >= 0.3 is 41.5 Å². The van der Waals surface area contributed by atoms with Gasteiger partial charge in [-0.2, -0.15) is 0 Å². The average molecular weight is 1490 g/mol. The van der Waals surface area contributed by atoms with E-state index in [2.05, 4.69) is 64.4 Å². The van der Waals surface area contributed by atoms with E-state index in [0.29, 0.717) is 67.1 Å². The number of nitrogens with zero attached hydrogens (tertiary/aromatic N) is 3. The molecule has 0 radical (unpaired) electrons. The minimum Gasteiger partial charge on any atom is -0.550 e. The van der Waals surface area contributed by atoms with Crippen molar-refractivity contribution in [3.05, 3.63) is 156 Å². The number of aliphatic carboxylic acids is 1. The van der Waals surface area contributed by atoms with E-state index in [9.17, 15) is 47.9 Å². The molecular weight excluding hydrogens is 1400 g/mol. The number of carbonyl (C=O) groups is 11. The van der Waals surface area contributed by atoms with Gasteiger partial charge in [0.2, 0.25) is 17.1 Å². The number of esters is 2. The molecule has 0 saturated carbocycles. The van der Waals surface area contributed by atoms with Crippen molar-refractivity contribution in [1.82, 2.24) is 0 Å². The van der Waals surface area contributed by atoms with Crippen molar-refractivity contribution < 1.29 is 96.9 Å². The number of methoxy groups -OCH3 is 1. The van der Waals surface area contributed by atoms with E-state index >= 15 is 0 Å². The van der Waals surface area contributed by atoms with Crippen molar-refractivity contribution in [3.63, 3.8) is 0 Å². The Balaban J connectivity index is -0.000000319. The molecule has 0 aliphatic carbocycles. The quantitative estimate of drug-likeness (QED) is 0.0322. The van der Waals surface area contributed by atoms with Crippen molar-refractivity contribution in [3.8, 4) is 0 Å². The van der Waals surface area contributed by atoms with Crippen LogP contribution in [0.4, 0.5) is 34.1 Å². The molecule has 9 rings (SSSR count). The van der Waals surface area contributed by atoms with E-state index in [1.807, 2.05) is 109 Å². The number of rotatable bonds is 9. The summed E-state index contributed by atoms with van der Waals surface area (Å²) in [5.41, 5.74) is 19.5. The zero-order valence-electron chi connectivity index (χ0n) is 48.2. The van der Waals surface area contributed by atoms with Gasteiger partial charge in [0, 0.05) is 84.8 Å². The smallest absolute Gasteiger partial charge is 0.550 e. The van der Waals surface area contributed by atoms with Gasteiger partial charge in [-0.15, -0.1) is 0 Å². The second kappa shape index (κ2) is 51.7. The summed E-state index contributed by atoms with van der Waals surface area (Å²) in [6, 6.07) is 37.6. The first-order valence-corrected chi connectivity index (χ1v) is 29.7. The standard InChI is InChI=1S/C14H15NO4.C12H12BrNO2.C12H11NO2.C9H9NO.C6H8N2.C3H4BrClO.C3H5BrO2.C2H4O2.5CH4.Na/c1-10(16)19-7-6-14(18)15-9-12(17)8-11-4-2-3-5-13(11)15;13-6-5-12(16)14-8-10(15)7-9-3-1-2-4-11(9)14;1-2-12(15)13-8-10(14)7-9-5-3-4-6-11(9)13;11-8-5-7-3-1-2-4-9(7)10-6-8;7-5-3-1-2-4-6(5)8;4-2-1-3(5)6;1-6-3(5)2-4;1-2(3)4;;;;;;/h2-5H,6-9H2,1H3;1-4H,5-8H2;2-6H,1,7-8H2;1-4,10H,5-6H2;1-4H,7-8H2;1-2H2;2H2,1H3;1H3,(H,3,4);5*1H4;/q;;;;;;;;;;;;;+1/p-1. The Kier molecular flexibility index (Phi) is 52.8. The number of halogens is 4. The fourth-order valence-corrected chi connectivity index (χ4v) is 8.95. The predicted octanol–water partition coefficient (Wildman–Crippen LogP) is 7.47. The van der Waals surface area contributed by atoms with Crippen LogP contribution >= 0.6 is 59.4 Å². The van der Waals surface area contributed by atoms with Gasteiger partial charge < -0.3 is 50.9 Å². The first-order chi connectivity index (χ1) is 40.5. The molecule has 91 heavy (non-hydrogen) atoms. The third-order valence-electron chi connectivity index (χ3n) is 11.5. The molecule has 0 atom stereocenters. The monoisotopic (exact) mass is 1480 g/mol. The Morgan fingerprint density at radius 1 is 0.571 bits per heavy atom. The fourth-order valence-electron chi connectivity index (χ4n) is 7.70. The van der Waals surface area contributed by atoms with Gasteiger partial charge in [-0.3, -0.25) is 47.9 Å². The number of Topliss-reactive ketones (excluding diaryl/α,β-unsaturated/α-hetero) is 4. The zero-order valence-corrected chi connectivity index (χ0v) is 55.7. The van der Waals surface area contributed by atoms with Gasteiger partial charge in [0.15, 0.2) is 23.1 Å². The number of nitrogens with one attached hydrogen (secondary N) is 1. The Labute approximate surface area is 589 Å². The molecule has 5 aromatic carbocycles. The summed E-state index contributed by atoms with van der Waals surface area (Å²) in [5, 5.41) is 13.2. The topological polar surface area (TPSA) is 303 Å². The summed E-state index contributed by atoms with van der Waals surface area (Å²) < 4.78 is 8.96. The Hall–Kier alpha value is -6.86. The SMILES string of the molecule is C.C.C.C.C.C=CC(=O)N1CC(=O)Cc2ccccc21.CC(=O)OCCC(=O)N1CC(=O)Cc2ccccc21.CC(=O)[O-].COC(=O)CBr.Nc1ccccc1N.O=C(Cl)CCBr.O=C1CNc2ccccc2C1.O=C1Cc2ccccc2N(C(=O)CCBr)C1.[Na+]. The van der Waals surface area contributed by atoms with Gasteiger partial charge in [0.05, 0.1) is 51.1 Å². The number of carbonyl (C=O) groups excluding carboxylic acids is 11. The number of para-hydroxylation sites is 6. The van der Waals surface area contributed by atoms with E-state index < -0.39 is 11.9 Å². The Bertz CT molecular complexity index is 3110. The third kappa shape index (κ3) is 36.1. The van der Waals surface area contributed by atoms with E-state index in [-0.39, 0.29) is 157 Å². The van der Waals surface area contributed by atoms with Crippen LogP contribution in [-0.4, -0.2) is 120 Å². The number of benzene rings is 5. The minimum absolute atomic E-state index is 0. The first-order valence-electron chi connectivity index (χ1n) is 26.0. The molecule has 4 aliphatic rings. The number of fused-ring (bicyclic) bond motifs is 4. The average Bonchev–Trinajstić information content (AvgIpc) is 0.869. The number of ether oxygens (including phenoxy) is 2.